The first-order chi connectivity index (χ1) is 6.36. The van der Waals surface area contributed by atoms with Crippen LogP contribution >= 0.6 is 0 Å². The maximum absolute atomic E-state index is 11.4. The number of hydrogen-bond donors (Lipinski definition) is 0. The van der Waals surface area contributed by atoms with Gasteiger partial charge in [0.15, 0.2) is 11.4 Å². The van der Waals surface area contributed by atoms with Gasteiger partial charge < -0.3 is 4.42 Å². The fraction of sp³-hybridized carbons (Fsp3) is 0. The van der Waals surface area contributed by atoms with Crippen LogP contribution in [0.1, 0.15) is 16.1 Å². The lowest BCUT2D eigenvalue weighted by molar-refractivity contribution is 0.105. The summed E-state index contributed by atoms with van der Waals surface area (Å²) in [5.41, 5.74) is 1.92. The molecule has 13 heavy (non-hydrogen) atoms. The molecule has 0 saturated carbocycles. The van der Waals surface area contributed by atoms with E-state index in [4.69, 9.17) is 4.42 Å². The monoisotopic (exact) mass is 171 g/mol. The maximum atomic E-state index is 11.4. The third kappa shape index (κ3) is 0.731. The van der Waals surface area contributed by atoms with Gasteiger partial charge in [-0.2, -0.15) is 0 Å². The molecular weight excluding hydrogens is 166 g/mol. The molecule has 2 aromatic heterocycles. The summed E-state index contributed by atoms with van der Waals surface area (Å²) in [6.45, 7) is 0. The van der Waals surface area contributed by atoms with Crippen molar-refractivity contribution in [3.8, 4) is 0 Å². The molecule has 62 valence electrons. The van der Waals surface area contributed by atoms with Crippen molar-refractivity contribution >= 4 is 23.0 Å². The highest BCUT2D eigenvalue weighted by molar-refractivity contribution is 6.19. The third-order valence-electron chi connectivity index (χ3n) is 2.11. The van der Waals surface area contributed by atoms with Crippen molar-refractivity contribution in [1.82, 2.24) is 4.98 Å². The Morgan fingerprint density at radius 1 is 1.31 bits per heavy atom. The highest BCUT2D eigenvalue weighted by Crippen LogP contribution is 2.29. The summed E-state index contributed by atoms with van der Waals surface area (Å²) in [7, 11) is 0. The number of hydrogen-bond acceptors (Lipinski definition) is 3. The van der Waals surface area contributed by atoms with Crippen molar-refractivity contribution in [2.75, 3.05) is 0 Å². The largest absolute Gasteiger partial charge is 0.454 e. The predicted molar refractivity (Wildman–Crippen MR) is 47.4 cm³/mol. The lowest BCUT2D eigenvalue weighted by atomic mass is 10.2. The highest BCUT2D eigenvalue weighted by atomic mass is 16.3. The van der Waals surface area contributed by atoms with Crippen LogP contribution in [0.25, 0.3) is 17.2 Å². The molecule has 0 bridgehead atoms. The van der Waals surface area contributed by atoms with Crippen molar-refractivity contribution in [2.45, 2.75) is 0 Å². The van der Waals surface area contributed by atoms with Crippen LogP contribution in [0.15, 0.2) is 28.8 Å². The average Bonchev–Trinajstić information content (AvgIpc) is 2.66. The molecule has 2 heterocycles. The molecule has 0 radical (unpaired) electrons. The minimum atomic E-state index is -0.0209. The summed E-state index contributed by atoms with van der Waals surface area (Å²) in [6, 6.07) is 3.59. The quantitative estimate of drug-likeness (QED) is 0.609. The van der Waals surface area contributed by atoms with Crippen molar-refractivity contribution in [1.29, 1.82) is 0 Å². The Morgan fingerprint density at radius 3 is 3.15 bits per heavy atom. The van der Waals surface area contributed by atoms with Crippen molar-refractivity contribution in [3.05, 3.63) is 35.7 Å². The topological polar surface area (TPSA) is 43.1 Å². The van der Waals surface area contributed by atoms with E-state index < -0.39 is 0 Å². The van der Waals surface area contributed by atoms with E-state index >= 15 is 0 Å². The van der Waals surface area contributed by atoms with Crippen LogP contribution in [0.2, 0.25) is 0 Å². The lowest BCUT2D eigenvalue weighted by Crippen LogP contribution is -1.89. The first-order valence-electron chi connectivity index (χ1n) is 3.96. The Morgan fingerprint density at radius 2 is 2.23 bits per heavy atom. The first kappa shape index (κ1) is 6.60. The molecule has 0 amide bonds. The molecule has 3 heteroatoms. The van der Waals surface area contributed by atoms with Crippen molar-refractivity contribution < 1.29 is 9.21 Å². The van der Waals surface area contributed by atoms with E-state index in [1.165, 1.54) is 6.08 Å². The van der Waals surface area contributed by atoms with E-state index in [1.807, 2.05) is 6.07 Å². The molecule has 3 nitrogen and oxygen atoms in total. The van der Waals surface area contributed by atoms with E-state index in [9.17, 15) is 4.79 Å². The number of furan rings is 1. The van der Waals surface area contributed by atoms with Gasteiger partial charge in [0.25, 0.3) is 0 Å². The van der Waals surface area contributed by atoms with Crippen LogP contribution in [0.5, 0.6) is 0 Å². The van der Waals surface area contributed by atoms with E-state index in [2.05, 4.69) is 4.98 Å². The fourth-order valence-corrected chi connectivity index (χ4v) is 1.54. The maximum Gasteiger partial charge on any atom is 0.192 e. The molecule has 0 saturated heterocycles. The molecule has 0 aliphatic heterocycles. The van der Waals surface area contributed by atoms with Gasteiger partial charge in [-0.3, -0.25) is 9.78 Å². The summed E-state index contributed by atoms with van der Waals surface area (Å²) in [5.74, 6) is 0.603. The molecule has 1 aliphatic carbocycles. The van der Waals surface area contributed by atoms with Crippen molar-refractivity contribution in [3.63, 3.8) is 0 Å². The molecular formula is C10H5NO2. The number of carbonyl (C=O) groups is 1. The normalized spacial score (nSPS) is 14.0. The summed E-state index contributed by atoms with van der Waals surface area (Å²) < 4.78 is 5.41. The van der Waals surface area contributed by atoms with Gasteiger partial charge in [-0.05, 0) is 24.3 Å². The lowest BCUT2D eigenvalue weighted by Gasteiger charge is -1.86. The summed E-state index contributed by atoms with van der Waals surface area (Å²) >= 11 is 0. The smallest absolute Gasteiger partial charge is 0.192 e. The van der Waals surface area contributed by atoms with Crippen LogP contribution < -0.4 is 0 Å². The van der Waals surface area contributed by atoms with Crippen LogP contribution in [0.3, 0.4) is 0 Å². The molecule has 0 N–H and O–H groups in total. The Hall–Kier alpha value is -1.90. The van der Waals surface area contributed by atoms with E-state index in [0.717, 1.165) is 0 Å². The number of allylic oxidation sites excluding steroid dienone is 1. The molecule has 0 fully saturated rings. The summed E-state index contributed by atoms with van der Waals surface area (Å²) in [6.07, 6.45) is 4.84. The predicted octanol–water partition coefficient (Wildman–Crippen LogP) is 2.04. The number of ketones is 1. The molecule has 0 atom stereocenters. The van der Waals surface area contributed by atoms with Crippen LogP contribution in [0.4, 0.5) is 0 Å². The van der Waals surface area contributed by atoms with E-state index in [1.54, 1.807) is 18.3 Å². The number of nitrogens with zero attached hydrogens (tertiary/aromatic N) is 1. The van der Waals surface area contributed by atoms with Gasteiger partial charge in [-0.25, -0.2) is 0 Å². The van der Waals surface area contributed by atoms with Gasteiger partial charge in [-0.15, -0.1) is 0 Å². The second kappa shape index (κ2) is 2.07. The minimum absolute atomic E-state index is 0.0209. The second-order valence-corrected chi connectivity index (χ2v) is 2.89. The highest BCUT2D eigenvalue weighted by Gasteiger charge is 2.22. The van der Waals surface area contributed by atoms with Gasteiger partial charge in [0.1, 0.15) is 11.3 Å². The van der Waals surface area contributed by atoms with Gasteiger partial charge >= 0.3 is 0 Å². The zero-order valence-corrected chi connectivity index (χ0v) is 6.65. The van der Waals surface area contributed by atoms with Gasteiger partial charge in [0.05, 0.1) is 5.56 Å². The molecule has 0 aromatic carbocycles. The van der Waals surface area contributed by atoms with Crippen LogP contribution in [0, 0.1) is 0 Å². The zero-order chi connectivity index (χ0) is 8.84. The number of carbonyl (C=O) groups excluding carboxylic acids is 1. The number of pyridine rings is 1. The number of fused-ring (bicyclic) bond motifs is 3. The summed E-state index contributed by atoms with van der Waals surface area (Å²) in [5, 5.41) is 0. The molecule has 2 aromatic rings. The van der Waals surface area contributed by atoms with E-state index in [0.29, 0.717) is 22.4 Å². The SMILES string of the molecule is O=C1C=Cc2oc3cccnc3c21. The standard InChI is InChI=1S/C10H5NO2/c12-6-3-4-7-9(6)10-8(13-7)2-1-5-11-10/h1-5H. The minimum Gasteiger partial charge on any atom is -0.454 e. The Bertz CT molecular complexity index is 537. The molecule has 0 unspecified atom stereocenters. The third-order valence-corrected chi connectivity index (χ3v) is 2.11. The molecule has 3 rings (SSSR count). The second-order valence-electron chi connectivity index (χ2n) is 2.89. The number of rotatable bonds is 0. The fourth-order valence-electron chi connectivity index (χ4n) is 1.54. The number of aromatic nitrogens is 1. The first-order valence-corrected chi connectivity index (χ1v) is 3.96. The Labute approximate surface area is 73.7 Å². The van der Waals surface area contributed by atoms with Gasteiger partial charge in [0, 0.05) is 6.20 Å². The molecule has 0 spiro atoms. The van der Waals surface area contributed by atoms with Crippen LogP contribution in [-0.4, -0.2) is 10.8 Å². The van der Waals surface area contributed by atoms with Crippen molar-refractivity contribution in [2.24, 2.45) is 0 Å². The molecule has 1 aliphatic rings. The zero-order valence-electron chi connectivity index (χ0n) is 6.65. The summed E-state index contributed by atoms with van der Waals surface area (Å²) in [4.78, 5) is 15.5. The van der Waals surface area contributed by atoms with Crippen LogP contribution in [-0.2, 0) is 0 Å². The average molecular weight is 171 g/mol. The Kier molecular flexibility index (Phi) is 1.05. The van der Waals surface area contributed by atoms with E-state index in [-0.39, 0.29) is 5.78 Å². The Balaban J connectivity index is 2.51. The van der Waals surface area contributed by atoms with Gasteiger partial charge in [0.2, 0.25) is 0 Å². The van der Waals surface area contributed by atoms with Gasteiger partial charge in [-0.1, -0.05) is 0 Å².